The molecule has 0 aromatic carbocycles. The molecule has 1 aromatic rings. The van der Waals surface area contributed by atoms with Crippen LogP contribution >= 0.6 is 11.3 Å². The SMILES string of the molecule is CC(C)Cc1nnc(NC(=O)N(CC(=O)O)CC(C)C)s1. The van der Waals surface area contributed by atoms with Crippen molar-refractivity contribution in [1.82, 2.24) is 15.1 Å². The molecule has 0 aliphatic rings. The standard InChI is InChI=1S/C13H22N4O3S/c1-8(2)5-10-15-16-12(21-10)14-13(20)17(6-9(3)4)7-11(18)19/h8-9H,5-7H2,1-4H3,(H,18,19)(H,14,16,20). The van der Waals surface area contributed by atoms with Crippen molar-refractivity contribution in [2.45, 2.75) is 34.1 Å². The van der Waals surface area contributed by atoms with Crippen molar-refractivity contribution in [3.05, 3.63) is 5.01 Å². The third-order valence-electron chi connectivity index (χ3n) is 2.46. The van der Waals surface area contributed by atoms with Crippen LogP contribution in [0.25, 0.3) is 0 Å². The van der Waals surface area contributed by atoms with Gasteiger partial charge in [-0.1, -0.05) is 39.0 Å². The number of hydrogen-bond donors (Lipinski definition) is 2. The fraction of sp³-hybridized carbons (Fsp3) is 0.692. The summed E-state index contributed by atoms with van der Waals surface area (Å²) in [7, 11) is 0. The van der Waals surface area contributed by atoms with Crippen LogP contribution in [0, 0.1) is 11.8 Å². The summed E-state index contributed by atoms with van der Waals surface area (Å²) in [5.41, 5.74) is 0. The van der Waals surface area contributed by atoms with Gasteiger partial charge in [0, 0.05) is 13.0 Å². The van der Waals surface area contributed by atoms with Crippen LogP contribution in [0.5, 0.6) is 0 Å². The van der Waals surface area contributed by atoms with Gasteiger partial charge in [-0.25, -0.2) is 4.79 Å². The lowest BCUT2D eigenvalue weighted by molar-refractivity contribution is -0.137. The maximum Gasteiger partial charge on any atom is 0.324 e. The van der Waals surface area contributed by atoms with Crippen LogP contribution in [0.2, 0.25) is 0 Å². The number of carboxylic acids is 1. The largest absolute Gasteiger partial charge is 0.480 e. The van der Waals surface area contributed by atoms with Gasteiger partial charge in [0.2, 0.25) is 5.13 Å². The summed E-state index contributed by atoms with van der Waals surface area (Å²) >= 11 is 1.32. The predicted octanol–water partition coefficient (Wildman–Crippen LogP) is 2.31. The maximum absolute atomic E-state index is 12.1. The molecule has 2 N–H and O–H groups in total. The number of anilines is 1. The second-order valence-electron chi connectivity index (χ2n) is 5.70. The number of carbonyl (C=O) groups excluding carboxylic acids is 1. The number of aliphatic carboxylic acids is 1. The number of nitrogens with zero attached hydrogens (tertiary/aromatic N) is 3. The molecule has 7 nitrogen and oxygen atoms in total. The highest BCUT2D eigenvalue weighted by Crippen LogP contribution is 2.18. The van der Waals surface area contributed by atoms with Gasteiger partial charge in [-0.15, -0.1) is 10.2 Å². The first-order valence-electron chi connectivity index (χ1n) is 6.88. The zero-order chi connectivity index (χ0) is 16.0. The highest BCUT2D eigenvalue weighted by molar-refractivity contribution is 7.15. The van der Waals surface area contributed by atoms with Crippen molar-refractivity contribution in [3.63, 3.8) is 0 Å². The Balaban J connectivity index is 2.67. The molecule has 21 heavy (non-hydrogen) atoms. The smallest absolute Gasteiger partial charge is 0.324 e. The van der Waals surface area contributed by atoms with Crippen LogP contribution in [-0.4, -0.2) is 45.3 Å². The Morgan fingerprint density at radius 3 is 2.43 bits per heavy atom. The van der Waals surface area contributed by atoms with Gasteiger partial charge in [-0.05, 0) is 11.8 Å². The molecule has 0 atom stereocenters. The minimum Gasteiger partial charge on any atom is -0.480 e. The summed E-state index contributed by atoms with van der Waals surface area (Å²) in [5.74, 6) is -0.393. The van der Waals surface area contributed by atoms with E-state index in [1.807, 2.05) is 13.8 Å². The van der Waals surface area contributed by atoms with E-state index in [9.17, 15) is 9.59 Å². The van der Waals surface area contributed by atoms with Crippen LogP contribution in [0.15, 0.2) is 0 Å². The number of amides is 2. The highest BCUT2D eigenvalue weighted by atomic mass is 32.1. The summed E-state index contributed by atoms with van der Waals surface area (Å²) in [5, 5.41) is 20.7. The second-order valence-corrected chi connectivity index (χ2v) is 6.76. The van der Waals surface area contributed by atoms with E-state index in [-0.39, 0.29) is 12.5 Å². The van der Waals surface area contributed by atoms with Crippen LogP contribution in [0.3, 0.4) is 0 Å². The Morgan fingerprint density at radius 2 is 1.90 bits per heavy atom. The normalized spacial score (nSPS) is 11.0. The molecule has 0 aliphatic heterocycles. The molecular weight excluding hydrogens is 292 g/mol. The highest BCUT2D eigenvalue weighted by Gasteiger charge is 2.19. The van der Waals surface area contributed by atoms with Gasteiger partial charge in [0.15, 0.2) is 0 Å². The molecule has 0 spiro atoms. The first-order chi connectivity index (χ1) is 9.77. The Bertz CT molecular complexity index is 488. The lowest BCUT2D eigenvalue weighted by atomic mass is 10.1. The van der Waals surface area contributed by atoms with Crippen molar-refractivity contribution in [2.75, 3.05) is 18.4 Å². The van der Waals surface area contributed by atoms with E-state index in [0.29, 0.717) is 17.6 Å². The molecule has 8 heteroatoms. The first kappa shape index (κ1) is 17.4. The molecule has 1 aromatic heterocycles. The molecule has 1 heterocycles. The zero-order valence-electron chi connectivity index (χ0n) is 12.8. The molecule has 0 aliphatic carbocycles. The van der Waals surface area contributed by atoms with Crippen LogP contribution in [0.4, 0.5) is 9.93 Å². The minimum absolute atomic E-state index is 0.182. The molecule has 118 valence electrons. The van der Waals surface area contributed by atoms with Gasteiger partial charge in [-0.2, -0.15) is 0 Å². The van der Waals surface area contributed by atoms with E-state index in [1.165, 1.54) is 16.2 Å². The number of carboxylic acid groups (broad SMARTS) is 1. The fourth-order valence-electron chi connectivity index (χ4n) is 1.73. The molecule has 0 saturated heterocycles. The quantitative estimate of drug-likeness (QED) is 0.805. The Labute approximate surface area is 128 Å². The first-order valence-corrected chi connectivity index (χ1v) is 7.69. The maximum atomic E-state index is 12.1. The lowest BCUT2D eigenvalue weighted by Gasteiger charge is -2.22. The van der Waals surface area contributed by atoms with E-state index < -0.39 is 12.0 Å². The lowest BCUT2D eigenvalue weighted by Crippen LogP contribution is -2.40. The van der Waals surface area contributed by atoms with Crippen molar-refractivity contribution >= 4 is 28.5 Å². The number of carbonyl (C=O) groups is 2. The fourth-order valence-corrected chi connectivity index (χ4v) is 2.67. The topological polar surface area (TPSA) is 95.4 Å². The number of aromatic nitrogens is 2. The number of rotatable bonds is 7. The Hall–Kier alpha value is -1.70. The molecule has 0 fully saturated rings. The second kappa shape index (κ2) is 7.92. The molecule has 1 rings (SSSR count). The van der Waals surface area contributed by atoms with Crippen molar-refractivity contribution < 1.29 is 14.7 Å². The van der Waals surface area contributed by atoms with E-state index in [4.69, 9.17) is 5.11 Å². The van der Waals surface area contributed by atoms with Crippen LogP contribution < -0.4 is 5.32 Å². The third-order valence-corrected chi connectivity index (χ3v) is 3.32. The van der Waals surface area contributed by atoms with Crippen LogP contribution in [0.1, 0.15) is 32.7 Å². The summed E-state index contributed by atoms with van der Waals surface area (Å²) in [6.07, 6.45) is 0.804. The Morgan fingerprint density at radius 1 is 1.24 bits per heavy atom. The van der Waals surface area contributed by atoms with Gasteiger partial charge < -0.3 is 10.0 Å². The Kier molecular flexibility index (Phi) is 6.54. The minimum atomic E-state index is -1.04. The van der Waals surface area contributed by atoms with Crippen molar-refractivity contribution in [3.8, 4) is 0 Å². The number of hydrogen-bond acceptors (Lipinski definition) is 5. The summed E-state index contributed by atoms with van der Waals surface area (Å²) in [4.78, 5) is 24.2. The van der Waals surface area contributed by atoms with E-state index in [1.54, 1.807) is 0 Å². The van der Waals surface area contributed by atoms with E-state index >= 15 is 0 Å². The molecular formula is C13H22N4O3S. The zero-order valence-corrected chi connectivity index (χ0v) is 13.6. The van der Waals surface area contributed by atoms with Crippen LogP contribution in [-0.2, 0) is 11.2 Å². The third kappa shape index (κ3) is 6.52. The number of urea groups is 1. The molecule has 0 bridgehead atoms. The molecule has 2 amide bonds. The molecule has 0 saturated carbocycles. The van der Waals surface area contributed by atoms with E-state index in [2.05, 4.69) is 29.4 Å². The van der Waals surface area contributed by atoms with E-state index in [0.717, 1.165) is 11.4 Å². The van der Waals surface area contributed by atoms with Gasteiger partial charge in [0.1, 0.15) is 11.6 Å². The predicted molar refractivity (Wildman–Crippen MR) is 81.5 cm³/mol. The van der Waals surface area contributed by atoms with Gasteiger partial charge in [0.05, 0.1) is 0 Å². The summed E-state index contributed by atoms with van der Waals surface area (Å²) in [6.45, 7) is 8.05. The van der Waals surface area contributed by atoms with Crippen molar-refractivity contribution in [2.24, 2.45) is 11.8 Å². The average molecular weight is 314 g/mol. The summed E-state index contributed by atoms with van der Waals surface area (Å²) in [6, 6.07) is -0.460. The molecule has 0 unspecified atom stereocenters. The molecule has 0 radical (unpaired) electrons. The summed E-state index contributed by atoms with van der Waals surface area (Å²) < 4.78 is 0. The average Bonchev–Trinajstić information content (AvgIpc) is 2.73. The van der Waals surface area contributed by atoms with Gasteiger partial charge in [0.25, 0.3) is 0 Å². The number of nitrogens with one attached hydrogen (secondary N) is 1. The van der Waals surface area contributed by atoms with Crippen molar-refractivity contribution in [1.29, 1.82) is 0 Å². The van der Waals surface area contributed by atoms with Gasteiger partial charge >= 0.3 is 12.0 Å². The monoisotopic (exact) mass is 314 g/mol. The van der Waals surface area contributed by atoms with Gasteiger partial charge in [-0.3, -0.25) is 10.1 Å².